The first-order chi connectivity index (χ1) is 25.3. The molecule has 0 saturated heterocycles. The molecule has 0 saturated carbocycles. The van der Waals surface area contributed by atoms with Crippen LogP contribution in [0.1, 0.15) is 213 Å². The molecule has 3 N–H and O–H groups in total. The van der Waals surface area contributed by atoms with Crippen LogP contribution in [-0.2, 0) is 32.7 Å². The molecule has 0 bridgehead atoms. The molecule has 0 aliphatic carbocycles. The van der Waals surface area contributed by atoms with Crippen LogP contribution in [0.15, 0.2) is 12.2 Å². The first kappa shape index (κ1) is 50.8. The molecule has 0 radical (unpaired) electrons. The maximum Gasteiger partial charge on any atom is 0.472 e. The highest BCUT2D eigenvalue weighted by atomic mass is 31.2. The molecule has 0 amide bonds. The number of carbonyl (C=O) groups is 2. The predicted molar refractivity (Wildman–Crippen MR) is 215 cm³/mol. The molecule has 1 unspecified atom stereocenters. The Morgan fingerprint density at radius 3 is 1.38 bits per heavy atom. The van der Waals surface area contributed by atoms with E-state index in [0.29, 0.717) is 6.42 Å². The Morgan fingerprint density at radius 1 is 0.558 bits per heavy atom. The number of carbonyl (C=O) groups excluding carboxylic acids is 2. The molecule has 0 heterocycles. The Labute approximate surface area is 319 Å². The summed E-state index contributed by atoms with van der Waals surface area (Å²) in [6, 6.07) is 0. The average molecular weight is 760 g/mol. The van der Waals surface area contributed by atoms with Crippen molar-refractivity contribution in [2.75, 3.05) is 26.4 Å². The Hall–Kier alpha value is -1.25. The molecule has 0 aromatic carbocycles. The number of rotatable bonds is 41. The molecule has 0 fully saturated rings. The minimum Gasteiger partial charge on any atom is -0.462 e. The average Bonchev–Trinajstić information content (AvgIpc) is 3.13. The van der Waals surface area contributed by atoms with Gasteiger partial charge in [-0.1, -0.05) is 174 Å². The lowest BCUT2D eigenvalue weighted by molar-refractivity contribution is -0.161. The van der Waals surface area contributed by atoms with Crippen molar-refractivity contribution in [3.63, 3.8) is 0 Å². The maximum absolute atomic E-state index is 12.5. The van der Waals surface area contributed by atoms with Crippen LogP contribution in [0.4, 0.5) is 0 Å². The number of nitrogens with two attached hydrogens (primary N) is 1. The predicted octanol–water partition coefficient (Wildman–Crippen LogP) is 12.2. The minimum atomic E-state index is -4.37. The van der Waals surface area contributed by atoms with E-state index in [0.717, 1.165) is 51.4 Å². The molecule has 52 heavy (non-hydrogen) atoms. The van der Waals surface area contributed by atoms with Crippen LogP contribution < -0.4 is 5.73 Å². The van der Waals surface area contributed by atoms with Crippen LogP contribution in [0.5, 0.6) is 0 Å². The molecule has 308 valence electrons. The minimum absolute atomic E-state index is 0.0548. The van der Waals surface area contributed by atoms with Gasteiger partial charge in [-0.05, 0) is 38.5 Å². The number of phosphoric acid groups is 1. The zero-order chi connectivity index (χ0) is 38.2. The Morgan fingerprint density at radius 2 is 0.942 bits per heavy atom. The van der Waals surface area contributed by atoms with Crippen molar-refractivity contribution in [2.24, 2.45) is 5.73 Å². The van der Waals surface area contributed by atoms with Gasteiger partial charge in [0.25, 0.3) is 0 Å². The molecule has 0 aromatic rings. The van der Waals surface area contributed by atoms with Gasteiger partial charge in [-0.2, -0.15) is 0 Å². The summed E-state index contributed by atoms with van der Waals surface area (Å²) in [4.78, 5) is 34.8. The van der Waals surface area contributed by atoms with E-state index in [2.05, 4.69) is 26.0 Å². The molecule has 9 nitrogen and oxygen atoms in total. The van der Waals surface area contributed by atoms with Gasteiger partial charge < -0.3 is 20.1 Å². The highest BCUT2D eigenvalue weighted by Crippen LogP contribution is 2.43. The molecular weight excluding hydrogens is 677 g/mol. The van der Waals surface area contributed by atoms with E-state index in [1.54, 1.807) is 0 Å². The van der Waals surface area contributed by atoms with Crippen LogP contribution in [0.2, 0.25) is 0 Å². The molecule has 2 atom stereocenters. The molecule has 0 aliphatic heterocycles. The first-order valence-corrected chi connectivity index (χ1v) is 23.2. The number of ether oxygens (including phenoxy) is 2. The normalized spacial score (nSPS) is 13.4. The fraction of sp³-hybridized carbons (Fsp3) is 0.905. The van der Waals surface area contributed by atoms with Crippen molar-refractivity contribution in [2.45, 2.75) is 219 Å². The van der Waals surface area contributed by atoms with Gasteiger partial charge in [0, 0.05) is 19.4 Å². The third kappa shape index (κ3) is 38.5. The number of hydrogen-bond donors (Lipinski definition) is 2. The molecule has 10 heteroatoms. The van der Waals surface area contributed by atoms with Crippen molar-refractivity contribution in [1.29, 1.82) is 0 Å². The largest absolute Gasteiger partial charge is 0.472 e. The third-order valence-corrected chi connectivity index (χ3v) is 10.4. The Balaban J connectivity index is 4.10. The second kappa shape index (κ2) is 39.4. The highest BCUT2D eigenvalue weighted by molar-refractivity contribution is 7.47. The summed E-state index contributed by atoms with van der Waals surface area (Å²) in [6.45, 7) is 3.73. The van der Waals surface area contributed by atoms with E-state index in [1.807, 2.05) is 0 Å². The van der Waals surface area contributed by atoms with Crippen molar-refractivity contribution in [3.05, 3.63) is 12.2 Å². The van der Waals surface area contributed by atoms with Gasteiger partial charge >= 0.3 is 19.8 Å². The van der Waals surface area contributed by atoms with E-state index >= 15 is 0 Å². The maximum atomic E-state index is 12.5. The molecule has 0 aliphatic rings. The Bertz CT molecular complexity index is 871. The molecule has 0 rings (SSSR count). The van der Waals surface area contributed by atoms with Crippen molar-refractivity contribution >= 4 is 19.8 Å². The lowest BCUT2D eigenvalue weighted by Crippen LogP contribution is -2.29. The molecular formula is C42H82NO8P. The fourth-order valence-electron chi connectivity index (χ4n) is 6.16. The zero-order valence-electron chi connectivity index (χ0n) is 33.8. The number of esters is 2. The number of unbranched alkanes of at least 4 members (excludes halogenated alkanes) is 26. The van der Waals surface area contributed by atoms with E-state index < -0.39 is 26.5 Å². The Kier molecular flexibility index (Phi) is 38.5. The van der Waals surface area contributed by atoms with Crippen LogP contribution in [0.3, 0.4) is 0 Å². The third-order valence-electron chi connectivity index (χ3n) is 9.40. The van der Waals surface area contributed by atoms with E-state index in [1.165, 1.54) is 128 Å². The molecule has 0 aromatic heterocycles. The summed E-state index contributed by atoms with van der Waals surface area (Å²) in [5.74, 6) is -0.828. The topological polar surface area (TPSA) is 134 Å². The molecule has 0 spiro atoms. The monoisotopic (exact) mass is 760 g/mol. The number of allylic oxidation sites excluding steroid dienone is 2. The lowest BCUT2D eigenvalue weighted by Gasteiger charge is -2.19. The van der Waals surface area contributed by atoms with Gasteiger partial charge in [0.1, 0.15) is 6.61 Å². The van der Waals surface area contributed by atoms with Gasteiger partial charge in [0.05, 0.1) is 13.2 Å². The standard InChI is InChI=1S/C42H82NO8P/c1-3-5-7-9-11-13-15-17-18-19-20-21-23-24-26-28-30-32-34-41(44)48-38-40(39-50-52(46,47)49-37-36-43)51-42(45)35-33-31-29-27-25-22-16-14-12-10-8-6-4-2/h14,16,40H,3-13,15,17-39,43H2,1-2H3,(H,46,47)/b16-14+/t40-/m0/s1. The van der Waals surface area contributed by atoms with Crippen LogP contribution in [0.25, 0.3) is 0 Å². The summed E-state index contributed by atoms with van der Waals surface area (Å²) in [5, 5.41) is 0. The van der Waals surface area contributed by atoms with Crippen LogP contribution in [-0.4, -0.2) is 49.3 Å². The van der Waals surface area contributed by atoms with Gasteiger partial charge in [0.15, 0.2) is 6.10 Å². The van der Waals surface area contributed by atoms with Crippen molar-refractivity contribution in [1.82, 2.24) is 0 Å². The smallest absolute Gasteiger partial charge is 0.462 e. The summed E-state index contributed by atoms with van der Waals surface area (Å²) >= 11 is 0. The SMILES string of the molecule is CCCCCC/C=C/CCCCCCCC(=O)O[C@@H](COC(=O)CCCCCCCCCCCCCCCCCCCC)COP(=O)(O)OCCN. The van der Waals surface area contributed by atoms with Crippen LogP contribution in [0, 0.1) is 0 Å². The van der Waals surface area contributed by atoms with E-state index in [4.69, 9.17) is 24.3 Å². The summed E-state index contributed by atoms with van der Waals surface area (Å²) in [6.07, 6.45) is 39.5. The second-order valence-corrected chi connectivity index (χ2v) is 16.0. The van der Waals surface area contributed by atoms with Crippen molar-refractivity contribution in [3.8, 4) is 0 Å². The van der Waals surface area contributed by atoms with E-state index in [9.17, 15) is 19.0 Å². The zero-order valence-corrected chi connectivity index (χ0v) is 34.7. The summed E-state index contributed by atoms with van der Waals surface area (Å²) < 4.78 is 32.7. The first-order valence-electron chi connectivity index (χ1n) is 21.7. The van der Waals surface area contributed by atoms with Gasteiger partial charge in [-0.25, -0.2) is 4.57 Å². The van der Waals surface area contributed by atoms with Gasteiger partial charge in [0.2, 0.25) is 0 Å². The fourth-order valence-corrected chi connectivity index (χ4v) is 6.92. The summed E-state index contributed by atoms with van der Waals surface area (Å²) in [7, 11) is -4.37. The summed E-state index contributed by atoms with van der Waals surface area (Å²) in [5.41, 5.74) is 5.34. The quantitative estimate of drug-likeness (QED) is 0.0270. The van der Waals surface area contributed by atoms with Crippen LogP contribution >= 0.6 is 7.82 Å². The second-order valence-electron chi connectivity index (χ2n) is 14.6. The van der Waals surface area contributed by atoms with Gasteiger partial charge in [-0.15, -0.1) is 0 Å². The van der Waals surface area contributed by atoms with Gasteiger partial charge in [-0.3, -0.25) is 18.6 Å². The number of phosphoric ester groups is 1. The number of hydrogen-bond acceptors (Lipinski definition) is 8. The highest BCUT2D eigenvalue weighted by Gasteiger charge is 2.26. The van der Waals surface area contributed by atoms with E-state index in [-0.39, 0.29) is 38.6 Å². The lowest BCUT2D eigenvalue weighted by atomic mass is 10.0. The van der Waals surface area contributed by atoms with Crippen molar-refractivity contribution < 1.29 is 37.6 Å².